The zero-order chi connectivity index (χ0) is 20.9. The van der Waals surface area contributed by atoms with Gasteiger partial charge in [-0.05, 0) is 57.3 Å². The molecule has 0 aliphatic heterocycles. The second-order valence-corrected chi connectivity index (χ2v) is 11.9. The molecule has 0 heterocycles. The molecule has 0 saturated carbocycles. The Hall–Kier alpha value is -0.780. The van der Waals surface area contributed by atoms with Crippen LogP contribution >= 0.6 is 0 Å². The third-order valence-corrected chi connectivity index (χ3v) is 4.31. The topological polar surface area (TPSA) is 0 Å². The van der Waals surface area contributed by atoms with E-state index in [0.29, 0.717) is 11.3 Å². The Bertz CT molecular complexity index is 533. The lowest BCUT2D eigenvalue weighted by Gasteiger charge is -2.31. The van der Waals surface area contributed by atoms with Crippen LogP contribution in [-0.2, 0) is 17.3 Å². The average molecular weight is 361 g/mol. The Labute approximate surface area is 166 Å². The van der Waals surface area contributed by atoms with Crippen LogP contribution in [0, 0.1) is 5.41 Å². The largest absolute Gasteiger partial charge is 0.0654 e. The Morgan fingerprint density at radius 3 is 1.46 bits per heavy atom. The molecule has 0 bridgehead atoms. The predicted molar refractivity (Wildman–Crippen MR) is 122 cm³/mol. The van der Waals surface area contributed by atoms with Crippen LogP contribution in [-0.4, -0.2) is 0 Å². The summed E-state index contributed by atoms with van der Waals surface area (Å²) in [5.41, 5.74) is 7.13. The van der Waals surface area contributed by atoms with Gasteiger partial charge in [-0.1, -0.05) is 109 Å². The minimum atomic E-state index is 0.219. The Morgan fingerprint density at radius 1 is 0.731 bits per heavy atom. The summed E-state index contributed by atoms with van der Waals surface area (Å²) in [5.74, 6) is 0.584. The van der Waals surface area contributed by atoms with Crippen molar-refractivity contribution in [1.29, 1.82) is 0 Å². The highest BCUT2D eigenvalue weighted by Crippen LogP contribution is 2.37. The zero-order valence-electron chi connectivity index (χ0n) is 20.4. The maximum Gasteiger partial charge on any atom is -0.0129 e. The van der Waals surface area contributed by atoms with E-state index in [0.717, 1.165) is 0 Å². The minimum absolute atomic E-state index is 0.219. The lowest BCUT2D eigenvalue weighted by molar-refractivity contribution is 0.469. The summed E-state index contributed by atoms with van der Waals surface area (Å²) in [6, 6.07) is 5.03. The van der Waals surface area contributed by atoms with Crippen molar-refractivity contribution in [1.82, 2.24) is 0 Å². The van der Waals surface area contributed by atoms with Crippen LogP contribution in [0.1, 0.15) is 131 Å². The molecule has 0 spiro atoms. The van der Waals surface area contributed by atoms with Gasteiger partial charge in [0.25, 0.3) is 0 Å². The quantitative estimate of drug-likeness (QED) is 0.503. The molecular weight excluding hydrogens is 312 g/mol. The third-order valence-electron chi connectivity index (χ3n) is 4.31. The van der Waals surface area contributed by atoms with Crippen molar-refractivity contribution in [2.75, 3.05) is 0 Å². The molecule has 0 radical (unpaired) electrons. The number of benzene rings is 1. The minimum Gasteiger partial charge on any atom is -0.0654 e. The molecule has 0 aromatic heterocycles. The molecule has 0 aliphatic rings. The fourth-order valence-corrected chi connectivity index (χ4v) is 3.06. The van der Waals surface area contributed by atoms with Gasteiger partial charge in [0.2, 0.25) is 0 Å². The van der Waals surface area contributed by atoms with Crippen molar-refractivity contribution in [2.45, 2.75) is 126 Å². The normalized spacial score (nSPS) is 12.8. The number of hydrogen-bond donors (Lipinski definition) is 0. The Balaban J connectivity index is 0.00000110. The molecule has 1 rings (SSSR count). The number of hydrogen-bond acceptors (Lipinski definition) is 0. The van der Waals surface area contributed by atoms with Gasteiger partial charge in [-0.2, -0.15) is 0 Å². The molecule has 0 nitrogen and oxygen atoms in total. The van der Waals surface area contributed by atoms with Crippen molar-refractivity contribution in [2.24, 2.45) is 5.41 Å². The fourth-order valence-electron chi connectivity index (χ4n) is 3.06. The van der Waals surface area contributed by atoms with Gasteiger partial charge in [0, 0.05) is 0 Å². The number of unbranched alkanes of at least 4 members (excludes halogenated alkanes) is 1. The Kier molecular flexibility index (Phi) is 9.14. The number of aryl methyl sites for hydroxylation is 1. The maximum absolute atomic E-state index is 2.52. The standard InChI is InChI=1S/C21H36.C5H12/c1-10-11-12-16-13-19(21(7,8)9)17(15(2)3)14-18(16)20(4,5)6;1-5(2,3)4/h13-15H,10-12H2,1-9H3;1-4H3. The molecule has 26 heavy (non-hydrogen) atoms. The van der Waals surface area contributed by atoms with Crippen LogP contribution in [0.3, 0.4) is 0 Å². The highest BCUT2D eigenvalue weighted by molar-refractivity contribution is 5.46. The molecular formula is C26H48. The van der Waals surface area contributed by atoms with Gasteiger partial charge in [0.05, 0.1) is 0 Å². The lowest BCUT2D eigenvalue weighted by Crippen LogP contribution is -2.20. The van der Waals surface area contributed by atoms with Crippen LogP contribution in [0.5, 0.6) is 0 Å². The molecule has 0 unspecified atom stereocenters. The first-order valence-electron chi connectivity index (χ1n) is 10.7. The van der Waals surface area contributed by atoms with Crippen LogP contribution in [0.2, 0.25) is 0 Å². The maximum atomic E-state index is 2.52. The van der Waals surface area contributed by atoms with Crippen molar-refractivity contribution in [3.63, 3.8) is 0 Å². The number of rotatable bonds is 4. The summed E-state index contributed by atoms with van der Waals surface area (Å²) in [7, 11) is 0. The lowest BCUT2D eigenvalue weighted by atomic mass is 9.74. The summed E-state index contributed by atoms with van der Waals surface area (Å²) in [4.78, 5) is 0. The van der Waals surface area contributed by atoms with Crippen molar-refractivity contribution in [3.05, 3.63) is 34.4 Å². The van der Waals surface area contributed by atoms with Crippen molar-refractivity contribution >= 4 is 0 Å². The second kappa shape index (κ2) is 9.43. The zero-order valence-corrected chi connectivity index (χ0v) is 20.4. The smallest absolute Gasteiger partial charge is 0.0129 e. The SMILES string of the molecule is CC(C)(C)C.CCCCc1cc(C(C)(C)C)c(C(C)C)cc1C(C)(C)C. The molecule has 0 aliphatic carbocycles. The third kappa shape index (κ3) is 9.24. The van der Waals surface area contributed by atoms with E-state index >= 15 is 0 Å². The predicted octanol–water partition coefficient (Wildman–Crippen LogP) is 8.80. The molecule has 1 aromatic rings. The molecule has 0 amide bonds. The second-order valence-electron chi connectivity index (χ2n) is 11.9. The molecule has 1 aromatic carbocycles. The molecule has 0 N–H and O–H groups in total. The summed E-state index contributed by atoms with van der Waals surface area (Å²) in [5, 5.41) is 0. The monoisotopic (exact) mass is 360 g/mol. The van der Waals surface area contributed by atoms with Gasteiger partial charge >= 0.3 is 0 Å². The van der Waals surface area contributed by atoms with E-state index in [1.54, 1.807) is 11.1 Å². The van der Waals surface area contributed by atoms with E-state index in [1.807, 2.05) is 0 Å². The van der Waals surface area contributed by atoms with E-state index in [4.69, 9.17) is 0 Å². The van der Waals surface area contributed by atoms with Crippen molar-refractivity contribution in [3.8, 4) is 0 Å². The highest BCUT2D eigenvalue weighted by atomic mass is 14.3. The molecule has 0 atom stereocenters. The summed E-state index contributed by atoms with van der Waals surface area (Å²) in [6.45, 7) is 29.7. The van der Waals surface area contributed by atoms with E-state index in [9.17, 15) is 0 Å². The summed E-state index contributed by atoms with van der Waals surface area (Å²) < 4.78 is 0. The first kappa shape index (κ1) is 25.2. The van der Waals surface area contributed by atoms with Gasteiger partial charge in [0.1, 0.15) is 0 Å². The van der Waals surface area contributed by atoms with Crippen LogP contribution in [0.15, 0.2) is 12.1 Å². The summed E-state index contributed by atoms with van der Waals surface area (Å²) >= 11 is 0. The van der Waals surface area contributed by atoms with Crippen LogP contribution in [0.25, 0.3) is 0 Å². The van der Waals surface area contributed by atoms with E-state index in [1.165, 1.54) is 30.4 Å². The Morgan fingerprint density at radius 2 is 1.15 bits per heavy atom. The van der Waals surface area contributed by atoms with Crippen molar-refractivity contribution < 1.29 is 0 Å². The first-order chi connectivity index (χ1) is 11.5. The van der Waals surface area contributed by atoms with E-state index < -0.39 is 0 Å². The molecule has 0 heteroatoms. The molecule has 0 fully saturated rings. The van der Waals surface area contributed by atoms with E-state index in [-0.39, 0.29) is 10.8 Å². The van der Waals surface area contributed by atoms with Crippen LogP contribution < -0.4 is 0 Å². The highest BCUT2D eigenvalue weighted by Gasteiger charge is 2.25. The average Bonchev–Trinajstić information content (AvgIpc) is 2.40. The van der Waals surface area contributed by atoms with Gasteiger partial charge in [-0.25, -0.2) is 0 Å². The first-order valence-corrected chi connectivity index (χ1v) is 10.7. The molecule has 0 saturated heterocycles. The summed E-state index contributed by atoms with van der Waals surface area (Å²) in [6.07, 6.45) is 3.76. The fraction of sp³-hybridized carbons (Fsp3) is 0.769. The van der Waals surface area contributed by atoms with E-state index in [2.05, 4.69) is 102 Å². The molecule has 152 valence electrons. The van der Waals surface area contributed by atoms with Gasteiger partial charge in [-0.3, -0.25) is 0 Å². The van der Waals surface area contributed by atoms with Crippen LogP contribution in [0.4, 0.5) is 0 Å². The van der Waals surface area contributed by atoms with Gasteiger partial charge in [0.15, 0.2) is 0 Å². The van der Waals surface area contributed by atoms with Gasteiger partial charge in [-0.15, -0.1) is 0 Å². The van der Waals surface area contributed by atoms with Gasteiger partial charge < -0.3 is 0 Å².